The first-order chi connectivity index (χ1) is 18.6. The maximum atomic E-state index is 6.55. The summed E-state index contributed by atoms with van der Waals surface area (Å²) >= 11 is 19.5. The van der Waals surface area contributed by atoms with E-state index in [1.165, 1.54) is 33.3 Å². The standard InChI is InChI=1S/C33H29Cl3N2/c34-26-11-6-8-23(20-26)21-38-31-15-5-4-12-27(31)28(33(38)25-9-2-1-3-10-25)22-37-18-16-24(17-19-37)32-29(35)13-7-14-30(32)36/h1-15,20,24H,16-19,21-22H2. The lowest BCUT2D eigenvalue weighted by Gasteiger charge is -2.33. The summed E-state index contributed by atoms with van der Waals surface area (Å²) in [5, 5.41) is 3.64. The molecule has 1 aliphatic rings. The Morgan fingerprint density at radius 1 is 0.684 bits per heavy atom. The molecule has 5 heteroatoms. The fraction of sp³-hybridized carbons (Fsp3) is 0.212. The summed E-state index contributed by atoms with van der Waals surface area (Å²) in [6.07, 6.45) is 2.09. The average molecular weight is 560 g/mol. The molecule has 1 aromatic heterocycles. The molecule has 2 nitrogen and oxygen atoms in total. The lowest BCUT2D eigenvalue weighted by Crippen LogP contribution is -2.32. The first kappa shape index (κ1) is 25.5. The molecule has 4 aromatic carbocycles. The van der Waals surface area contributed by atoms with Crippen molar-refractivity contribution >= 4 is 45.7 Å². The van der Waals surface area contributed by atoms with E-state index in [4.69, 9.17) is 34.8 Å². The normalized spacial score (nSPS) is 14.8. The SMILES string of the molecule is Clc1cccc(Cn2c(-c3ccccc3)c(CN3CCC(c4c(Cl)cccc4Cl)CC3)c3ccccc32)c1. The van der Waals surface area contributed by atoms with Gasteiger partial charge in [0, 0.05) is 39.1 Å². The number of fused-ring (bicyclic) bond motifs is 1. The van der Waals surface area contributed by atoms with Crippen LogP contribution in [0.1, 0.15) is 35.4 Å². The molecule has 0 atom stereocenters. The molecule has 0 unspecified atom stereocenters. The van der Waals surface area contributed by atoms with Crippen LogP contribution in [0.3, 0.4) is 0 Å². The topological polar surface area (TPSA) is 8.17 Å². The zero-order chi connectivity index (χ0) is 26.1. The Hall–Kier alpha value is -2.75. The lowest BCUT2D eigenvalue weighted by atomic mass is 9.89. The zero-order valence-electron chi connectivity index (χ0n) is 21.1. The van der Waals surface area contributed by atoms with Gasteiger partial charge in [0.1, 0.15) is 0 Å². The van der Waals surface area contributed by atoms with Crippen molar-refractivity contribution in [2.45, 2.75) is 31.8 Å². The second kappa shape index (κ2) is 11.2. The van der Waals surface area contributed by atoms with Gasteiger partial charge >= 0.3 is 0 Å². The van der Waals surface area contributed by atoms with Crippen molar-refractivity contribution in [1.29, 1.82) is 0 Å². The Morgan fingerprint density at radius 2 is 1.37 bits per heavy atom. The van der Waals surface area contributed by atoms with Crippen molar-refractivity contribution in [2.75, 3.05) is 13.1 Å². The Bertz CT molecular complexity index is 1550. The first-order valence-electron chi connectivity index (χ1n) is 13.1. The predicted octanol–water partition coefficient (Wildman–Crippen LogP) is 9.70. The largest absolute Gasteiger partial charge is 0.336 e. The van der Waals surface area contributed by atoms with Crippen LogP contribution in [0.2, 0.25) is 15.1 Å². The van der Waals surface area contributed by atoms with Crippen LogP contribution in [-0.4, -0.2) is 22.6 Å². The highest BCUT2D eigenvalue weighted by Gasteiger charge is 2.26. The maximum Gasteiger partial charge on any atom is 0.0540 e. The summed E-state index contributed by atoms with van der Waals surface area (Å²) in [7, 11) is 0. The molecule has 2 heterocycles. The molecule has 192 valence electrons. The van der Waals surface area contributed by atoms with Gasteiger partial charge in [-0.2, -0.15) is 0 Å². The van der Waals surface area contributed by atoms with E-state index in [1.807, 2.05) is 30.3 Å². The highest BCUT2D eigenvalue weighted by Crippen LogP contribution is 2.40. The van der Waals surface area contributed by atoms with Crippen LogP contribution < -0.4 is 0 Å². The Kier molecular flexibility index (Phi) is 7.50. The summed E-state index contributed by atoms with van der Waals surface area (Å²) in [6.45, 7) is 3.68. The zero-order valence-corrected chi connectivity index (χ0v) is 23.4. The van der Waals surface area contributed by atoms with Gasteiger partial charge < -0.3 is 4.57 Å². The van der Waals surface area contributed by atoms with Crippen LogP contribution in [0.4, 0.5) is 0 Å². The minimum atomic E-state index is 0.394. The number of halogens is 3. The number of likely N-dealkylation sites (tertiary alicyclic amines) is 1. The molecule has 38 heavy (non-hydrogen) atoms. The van der Waals surface area contributed by atoms with E-state index in [2.05, 4.69) is 76.2 Å². The third kappa shape index (κ3) is 5.11. The van der Waals surface area contributed by atoms with Gasteiger partial charge in [0.15, 0.2) is 0 Å². The van der Waals surface area contributed by atoms with Crippen molar-refractivity contribution in [3.05, 3.63) is 129 Å². The molecule has 1 aliphatic heterocycles. The number of benzene rings is 4. The minimum Gasteiger partial charge on any atom is -0.336 e. The van der Waals surface area contributed by atoms with Crippen molar-refractivity contribution in [1.82, 2.24) is 9.47 Å². The average Bonchev–Trinajstić information content (AvgIpc) is 3.23. The van der Waals surface area contributed by atoms with E-state index in [9.17, 15) is 0 Å². The van der Waals surface area contributed by atoms with Gasteiger partial charge in [-0.3, -0.25) is 4.90 Å². The van der Waals surface area contributed by atoms with Gasteiger partial charge in [-0.1, -0.05) is 102 Å². The fourth-order valence-electron chi connectivity index (χ4n) is 5.95. The second-order valence-electron chi connectivity index (χ2n) is 10.1. The second-order valence-corrected chi connectivity index (χ2v) is 11.4. The van der Waals surface area contributed by atoms with E-state index >= 15 is 0 Å². The number of hydrogen-bond acceptors (Lipinski definition) is 1. The molecule has 0 radical (unpaired) electrons. The summed E-state index contributed by atoms with van der Waals surface area (Å²) < 4.78 is 2.46. The van der Waals surface area contributed by atoms with Crippen LogP contribution >= 0.6 is 34.8 Å². The van der Waals surface area contributed by atoms with Crippen LogP contribution in [0.15, 0.2) is 97.1 Å². The molecule has 0 aliphatic carbocycles. The Morgan fingerprint density at radius 3 is 2.11 bits per heavy atom. The number of nitrogens with zero attached hydrogens (tertiary/aromatic N) is 2. The summed E-state index contributed by atoms with van der Waals surface area (Å²) in [4.78, 5) is 2.58. The smallest absolute Gasteiger partial charge is 0.0540 e. The van der Waals surface area contributed by atoms with Crippen molar-refractivity contribution in [3.8, 4) is 11.3 Å². The highest BCUT2D eigenvalue weighted by molar-refractivity contribution is 6.36. The molecular weight excluding hydrogens is 531 g/mol. The molecule has 0 amide bonds. The predicted molar refractivity (Wildman–Crippen MR) is 162 cm³/mol. The fourth-order valence-corrected chi connectivity index (χ4v) is 6.87. The van der Waals surface area contributed by atoms with Crippen LogP contribution in [0.25, 0.3) is 22.2 Å². The van der Waals surface area contributed by atoms with Gasteiger partial charge in [0.2, 0.25) is 0 Å². The molecular formula is C33H29Cl3N2. The van der Waals surface area contributed by atoms with Gasteiger partial charge in [-0.25, -0.2) is 0 Å². The molecule has 6 rings (SSSR count). The van der Waals surface area contributed by atoms with Gasteiger partial charge in [-0.15, -0.1) is 0 Å². The number of hydrogen-bond donors (Lipinski definition) is 0. The van der Waals surface area contributed by atoms with Crippen molar-refractivity contribution in [2.24, 2.45) is 0 Å². The lowest BCUT2D eigenvalue weighted by molar-refractivity contribution is 0.205. The van der Waals surface area contributed by atoms with E-state index in [-0.39, 0.29) is 0 Å². The third-order valence-corrected chi connectivity index (χ3v) is 8.62. The number of aromatic nitrogens is 1. The molecule has 1 fully saturated rings. The molecule has 0 spiro atoms. The number of piperidine rings is 1. The first-order valence-corrected chi connectivity index (χ1v) is 14.3. The van der Waals surface area contributed by atoms with Crippen LogP contribution in [-0.2, 0) is 13.1 Å². The minimum absolute atomic E-state index is 0.394. The summed E-state index contributed by atoms with van der Waals surface area (Å²) in [5.74, 6) is 0.394. The summed E-state index contributed by atoms with van der Waals surface area (Å²) in [6, 6.07) is 33.6. The maximum absolute atomic E-state index is 6.55. The molecule has 1 saturated heterocycles. The van der Waals surface area contributed by atoms with Gasteiger partial charge in [0.25, 0.3) is 0 Å². The molecule has 0 N–H and O–H groups in total. The molecule has 5 aromatic rings. The Labute approximate surface area is 239 Å². The van der Waals surface area contributed by atoms with E-state index in [0.29, 0.717) is 5.92 Å². The third-order valence-electron chi connectivity index (χ3n) is 7.73. The molecule has 0 saturated carbocycles. The van der Waals surface area contributed by atoms with E-state index < -0.39 is 0 Å². The van der Waals surface area contributed by atoms with Crippen molar-refractivity contribution in [3.63, 3.8) is 0 Å². The monoisotopic (exact) mass is 558 g/mol. The van der Waals surface area contributed by atoms with Gasteiger partial charge in [-0.05, 0) is 84.4 Å². The summed E-state index contributed by atoms with van der Waals surface area (Å²) in [5.41, 5.74) is 7.45. The van der Waals surface area contributed by atoms with E-state index in [0.717, 1.165) is 59.7 Å². The highest BCUT2D eigenvalue weighted by atomic mass is 35.5. The van der Waals surface area contributed by atoms with E-state index in [1.54, 1.807) is 0 Å². The van der Waals surface area contributed by atoms with Gasteiger partial charge in [0.05, 0.1) is 5.69 Å². The quantitative estimate of drug-likeness (QED) is 0.201. The van der Waals surface area contributed by atoms with Crippen molar-refractivity contribution < 1.29 is 0 Å². The van der Waals surface area contributed by atoms with Crippen LogP contribution in [0.5, 0.6) is 0 Å². The molecule has 0 bridgehead atoms. The number of para-hydroxylation sites is 1. The number of rotatable bonds is 6. The Balaban J connectivity index is 1.36. The van der Waals surface area contributed by atoms with Crippen LogP contribution in [0, 0.1) is 0 Å².